The van der Waals surface area contributed by atoms with Crippen LogP contribution in [0.3, 0.4) is 0 Å². The highest BCUT2D eigenvalue weighted by Gasteiger charge is 1.98. The molecule has 0 fully saturated rings. The van der Waals surface area contributed by atoms with Crippen molar-refractivity contribution in [1.82, 2.24) is 0 Å². The molecule has 0 heteroatoms. The van der Waals surface area contributed by atoms with Crippen molar-refractivity contribution >= 4 is 0 Å². The first kappa shape index (κ1) is 18.4. The van der Waals surface area contributed by atoms with Crippen LogP contribution in [0.5, 0.6) is 0 Å². The molecule has 0 saturated carbocycles. The smallest absolute Gasteiger partial charge is 0.00255 e. The largest absolute Gasteiger partial charge is 0.0683 e. The van der Waals surface area contributed by atoms with Crippen LogP contribution in [0.1, 0.15) is 55.5 Å². The molecule has 0 aliphatic rings. The summed E-state index contributed by atoms with van der Waals surface area (Å²) in [5.74, 6) is 0. The second kappa shape index (κ2) is 10.3. The van der Waals surface area contributed by atoms with E-state index in [9.17, 15) is 0 Å². The number of hydrogen-bond donors (Lipinski definition) is 0. The summed E-state index contributed by atoms with van der Waals surface area (Å²) in [4.78, 5) is 0. The Morgan fingerprint density at radius 1 is 0.600 bits per heavy atom. The molecule has 0 atom stereocenters. The Balaban J connectivity index is 0.000000829. The Labute approximate surface area is 125 Å². The van der Waals surface area contributed by atoms with Gasteiger partial charge in [-0.25, -0.2) is 0 Å². The summed E-state index contributed by atoms with van der Waals surface area (Å²) in [6, 6.07) is 15.5. The van der Waals surface area contributed by atoms with E-state index in [1.807, 2.05) is 27.7 Å². The van der Waals surface area contributed by atoms with Crippen LogP contribution in [0.4, 0.5) is 0 Å². The number of rotatable bonds is 2. The highest BCUT2D eigenvalue weighted by atomic mass is 14.0. The molecule has 2 aromatic carbocycles. The summed E-state index contributed by atoms with van der Waals surface area (Å²) in [5, 5.41) is 0. The van der Waals surface area contributed by atoms with Gasteiger partial charge in [-0.3, -0.25) is 0 Å². The molecule has 0 aliphatic carbocycles. The van der Waals surface area contributed by atoms with Crippen LogP contribution in [-0.2, 0) is 6.42 Å². The second-order valence-electron chi connectivity index (χ2n) is 4.66. The van der Waals surface area contributed by atoms with Crippen molar-refractivity contribution in [3.8, 4) is 0 Å². The molecule has 20 heavy (non-hydrogen) atoms. The lowest BCUT2D eigenvalue weighted by Crippen LogP contribution is -1.90. The van der Waals surface area contributed by atoms with Gasteiger partial charge in [0.1, 0.15) is 0 Å². The minimum atomic E-state index is 1.03. The molecular weight excluding hydrogens is 240 g/mol. The first-order valence-electron chi connectivity index (χ1n) is 7.76. The van der Waals surface area contributed by atoms with Gasteiger partial charge in [0, 0.05) is 0 Å². The molecule has 0 unspecified atom stereocenters. The highest BCUT2D eigenvalue weighted by molar-refractivity contribution is 5.33. The van der Waals surface area contributed by atoms with Gasteiger partial charge in [-0.1, -0.05) is 86.8 Å². The average molecular weight is 270 g/mol. The van der Waals surface area contributed by atoms with E-state index in [0.29, 0.717) is 0 Å². The Hall–Kier alpha value is -1.56. The van der Waals surface area contributed by atoms with Crippen LogP contribution in [0.25, 0.3) is 0 Å². The Bertz CT molecular complexity index is 475. The topological polar surface area (TPSA) is 0 Å². The van der Waals surface area contributed by atoms with E-state index >= 15 is 0 Å². The van der Waals surface area contributed by atoms with Gasteiger partial charge < -0.3 is 0 Å². The third-order valence-electron chi connectivity index (χ3n) is 2.77. The fourth-order valence-corrected chi connectivity index (χ4v) is 2.23. The van der Waals surface area contributed by atoms with E-state index in [-0.39, 0.29) is 0 Å². The first-order valence-corrected chi connectivity index (χ1v) is 7.76. The van der Waals surface area contributed by atoms with Gasteiger partial charge in [0.2, 0.25) is 0 Å². The van der Waals surface area contributed by atoms with Crippen molar-refractivity contribution in [1.29, 1.82) is 0 Å². The lowest BCUT2D eigenvalue weighted by Gasteiger charge is -2.06. The maximum Gasteiger partial charge on any atom is -0.00255 e. The standard InChI is InChI=1S/C16H18.2C2H6/c1-12-5-4-6-15(8-12)11-16-9-13(2)7-14(3)10-16;2*1-2/h4-10H,11H2,1-3H3;2*1-2H3. The molecule has 0 heterocycles. The molecule has 0 bridgehead atoms. The minimum Gasteiger partial charge on any atom is -0.0683 e. The molecule has 0 N–H and O–H groups in total. The predicted octanol–water partition coefficient (Wildman–Crippen LogP) is 6.26. The van der Waals surface area contributed by atoms with Gasteiger partial charge in [-0.05, 0) is 38.3 Å². The molecule has 0 aromatic heterocycles. The molecule has 110 valence electrons. The summed E-state index contributed by atoms with van der Waals surface area (Å²) in [6.07, 6.45) is 1.03. The van der Waals surface area contributed by atoms with Gasteiger partial charge in [-0.15, -0.1) is 0 Å². The number of benzene rings is 2. The van der Waals surface area contributed by atoms with E-state index in [1.54, 1.807) is 0 Å². The quantitative estimate of drug-likeness (QED) is 0.604. The minimum absolute atomic E-state index is 1.03. The predicted molar refractivity (Wildman–Crippen MR) is 92.6 cm³/mol. The zero-order chi connectivity index (χ0) is 15.5. The molecule has 0 aliphatic heterocycles. The Morgan fingerprint density at radius 2 is 1.10 bits per heavy atom. The Kier molecular flexibility index (Phi) is 9.45. The highest BCUT2D eigenvalue weighted by Crippen LogP contribution is 2.14. The van der Waals surface area contributed by atoms with Gasteiger partial charge in [0.15, 0.2) is 0 Å². The second-order valence-corrected chi connectivity index (χ2v) is 4.66. The Morgan fingerprint density at radius 3 is 1.60 bits per heavy atom. The molecule has 2 aromatic rings. The average Bonchev–Trinajstić information content (AvgIpc) is 2.42. The van der Waals surface area contributed by atoms with Crippen LogP contribution in [0.15, 0.2) is 42.5 Å². The van der Waals surface area contributed by atoms with Crippen molar-refractivity contribution in [3.63, 3.8) is 0 Å². The lowest BCUT2D eigenvalue weighted by molar-refractivity contribution is 1.16. The summed E-state index contributed by atoms with van der Waals surface area (Å²) >= 11 is 0. The zero-order valence-corrected chi connectivity index (χ0v) is 14.2. The van der Waals surface area contributed by atoms with Crippen LogP contribution in [0, 0.1) is 20.8 Å². The van der Waals surface area contributed by atoms with Gasteiger partial charge in [-0.2, -0.15) is 0 Å². The lowest BCUT2D eigenvalue weighted by atomic mass is 10.00. The molecule has 2 rings (SSSR count). The summed E-state index contributed by atoms with van der Waals surface area (Å²) < 4.78 is 0. The third kappa shape index (κ3) is 6.56. The maximum atomic E-state index is 2.27. The van der Waals surface area contributed by atoms with Gasteiger partial charge in [0.25, 0.3) is 0 Å². The van der Waals surface area contributed by atoms with E-state index < -0.39 is 0 Å². The molecule has 0 amide bonds. The summed E-state index contributed by atoms with van der Waals surface area (Å²) in [5.41, 5.74) is 6.83. The third-order valence-corrected chi connectivity index (χ3v) is 2.77. The van der Waals surface area contributed by atoms with Gasteiger partial charge in [0.05, 0.1) is 0 Å². The molecule has 0 nitrogen and oxygen atoms in total. The molecule has 0 spiro atoms. The summed E-state index contributed by atoms with van der Waals surface area (Å²) in [7, 11) is 0. The normalized spacial score (nSPS) is 8.95. The monoisotopic (exact) mass is 270 g/mol. The van der Waals surface area contributed by atoms with Gasteiger partial charge >= 0.3 is 0 Å². The van der Waals surface area contributed by atoms with Crippen molar-refractivity contribution in [2.24, 2.45) is 0 Å². The zero-order valence-electron chi connectivity index (χ0n) is 14.2. The van der Waals surface area contributed by atoms with Crippen molar-refractivity contribution in [2.75, 3.05) is 0 Å². The van der Waals surface area contributed by atoms with Crippen LogP contribution >= 0.6 is 0 Å². The van der Waals surface area contributed by atoms with Crippen molar-refractivity contribution in [2.45, 2.75) is 54.9 Å². The van der Waals surface area contributed by atoms with Crippen molar-refractivity contribution in [3.05, 3.63) is 70.3 Å². The SMILES string of the molecule is CC.CC.Cc1cccc(Cc2cc(C)cc(C)c2)c1. The fraction of sp³-hybridized carbons (Fsp3) is 0.400. The van der Waals surface area contributed by atoms with E-state index in [1.165, 1.54) is 27.8 Å². The van der Waals surface area contributed by atoms with Crippen LogP contribution in [0.2, 0.25) is 0 Å². The van der Waals surface area contributed by atoms with E-state index in [0.717, 1.165) is 6.42 Å². The first-order chi connectivity index (χ1) is 9.63. The molecule has 0 saturated heterocycles. The van der Waals surface area contributed by atoms with E-state index in [2.05, 4.69) is 63.2 Å². The number of aryl methyl sites for hydroxylation is 3. The van der Waals surface area contributed by atoms with Crippen LogP contribution in [-0.4, -0.2) is 0 Å². The number of hydrogen-bond acceptors (Lipinski definition) is 0. The van der Waals surface area contributed by atoms with Crippen molar-refractivity contribution < 1.29 is 0 Å². The van der Waals surface area contributed by atoms with Crippen LogP contribution < -0.4 is 0 Å². The van der Waals surface area contributed by atoms with E-state index in [4.69, 9.17) is 0 Å². The molecular formula is C20H30. The summed E-state index contributed by atoms with van der Waals surface area (Å²) in [6.45, 7) is 14.5. The maximum absolute atomic E-state index is 2.27. The fourth-order valence-electron chi connectivity index (χ4n) is 2.23. The molecule has 0 radical (unpaired) electrons.